The van der Waals surface area contributed by atoms with Gasteiger partial charge >= 0.3 is 0 Å². The molecule has 1 heterocycles. The van der Waals surface area contributed by atoms with Crippen molar-refractivity contribution in [2.24, 2.45) is 5.73 Å². The van der Waals surface area contributed by atoms with Crippen LogP contribution in [0, 0.1) is 0 Å². The zero-order chi connectivity index (χ0) is 13.0. The van der Waals surface area contributed by atoms with Gasteiger partial charge in [0.2, 0.25) is 0 Å². The van der Waals surface area contributed by atoms with Crippen molar-refractivity contribution in [2.75, 3.05) is 20.6 Å². The number of benzene rings is 1. The fraction of sp³-hybridized carbons (Fsp3) is 0.385. The van der Waals surface area contributed by atoms with Gasteiger partial charge in [0, 0.05) is 25.1 Å². The molecule has 1 aromatic carbocycles. The maximum absolute atomic E-state index is 5.61. The van der Waals surface area contributed by atoms with Crippen molar-refractivity contribution < 1.29 is 4.52 Å². The van der Waals surface area contributed by atoms with Gasteiger partial charge in [0.05, 0.1) is 0 Å². The summed E-state index contributed by atoms with van der Waals surface area (Å²) in [4.78, 5) is 6.47. The van der Waals surface area contributed by atoms with Gasteiger partial charge in [-0.1, -0.05) is 17.3 Å². The van der Waals surface area contributed by atoms with E-state index in [0.717, 1.165) is 29.9 Å². The van der Waals surface area contributed by atoms with Gasteiger partial charge in [-0.15, -0.1) is 0 Å². The molecule has 0 fully saturated rings. The summed E-state index contributed by atoms with van der Waals surface area (Å²) in [6.07, 6.45) is 0.785. The molecule has 1 aromatic heterocycles. The quantitative estimate of drug-likeness (QED) is 0.861. The van der Waals surface area contributed by atoms with Gasteiger partial charge in [-0.3, -0.25) is 0 Å². The van der Waals surface area contributed by atoms with E-state index < -0.39 is 0 Å². The Bertz CT molecular complexity index is 507. The molecule has 0 radical (unpaired) electrons. The summed E-state index contributed by atoms with van der Waals surface area (Å²) in [6, 6.07) is 7.85. The predicted octanol–water partition coefficient (Wildman–Crippen LogP) is 1.30. The molecule has 0 saturated heterocycles. The minimum absolute atomic E-state index is 0.509. The van der Waals surface area contributed by atoms with Gasteiger partial charge in [0.1, 0.15) is 0 Å². The SMILES string of the molecule is CN(C)CCc1noc(-c2cccc(CN)c2)n1. The first-order valence-corrected chi connectivity index (χ1v) is 5.95. The van der Waals surface area contributed by atoms with Crippen LogP contribution in [-0.4, -0.2) is 35.7 Å². The minimum atomic E-state index is 0.509. The van der Waals surface area contributed by atoms with Crippen LogP contribution in [0.4, 0.5) is 0 Å². The van der Waals surface area contributed by atoms with E-state index in [1.807, 2.05) is 38.4 Å². The second-order valence-corrected chi connectivity index (χ2v) is 4.47. The fourth-order valence-corrected chi connectivity index (χ4v) is 1.63. The highest BCUT2D eigenvalue weighted by atomic mass is 16.5. The third-order valence-electron chi connectivity index (χ3n) is 2.66. The van der Waals surface area contributed by atoms with E-state index >= 15 is 0 Å². The molecule has 96 valence electrons. The molecule has 0 saturated carbocycles. The summed E-state index contributed by atoms with van der Waals surface area (Å²) >= 11 is 0. The highest BCUT2D eigenvalue weighted by Gasteiger charge is 2.09. The van der Waals surface area contributed by atoms with E-state index in [1.165, 1.54) is 0 Å². The lowest BCUT2D eigenvalue weighted by Crippen LogP contribution is -2.15. The van der Waals surface area contributed by atoms with Crippen LogP contribution in [0.3, 0.4) is 0 Å². The van der Waals surface area contributed by atoms with Crippen LogP contribution in [0.15, 0.2) is 28.8 Å². The zero-order valence-corrected chi connectivity index (χ0v) is 10.8. The Morgan fingerprint density at radius 2 is 2.17 bits per heavy atom. The lowest BCUT2D eigenvalue weighted by molar-refractivity contribution is 0.392. The van der Waals surface area contributed by atoms with Crippen LogP contribution < -0.4 is 5.73 Å². The van der Waals surface area contributed by atoms with Gasteiger partial charge in [0.25, 0.3) is 5.89 Å². The third-order valence-corrected chi connectivity index (χ3v) is 2.66. The Balaban J connectivity index is 2.13. The van der Waals surface area contributed by atoms with E-state index in [-0.39, 0.29) is 0 Å². The highest BCUT2D eigenvalue weighted by molar-refractivity contribution is 5.53. The standard InChI is InChI=1S/C13H18N4O/c1-17(2)7-6-12-15-13(18-16-12)11-5-3-4-10(8-11)9-14/h3-5,8H,6-7,9,14H2,1-2H3. The molecule has 0 amide bonds. The number of aromatic nitrogens is 2. The van der Waals surface area contributed by atoms with E-state index in [2.05, 4.69) is 15.0 Å². The topological polar surface area (TPSA) is 68.2 Å². The molecule has 0 unspecified atom stereocenters. The average Bonchev–Trinajstić information content (AvgIpc) is 2.85. The number of nitrogens with two attached hydrogens (primary N) is 1. The summed E-state index contributed by atoms with van der Waals surface area (Å²) in [6.45, 7) is 1.41. The number of hydrogen-bond donors (Lipinski definition) is 1. The molecule has 0 bridgehead atoms. The number of nitrogens with zero attached hydrogens (tertiary/aromatic N) is 3. The molecule has 5 nitrogen and oxygen atoms in total. The molecule has 0 aliphatic rings. The highest BCUT2D eigenvalue weighted by Crippen LogP contribution is 2.18. The molecule has 2 aromatic rings. The Kier molecular flexibility index (Phi) is 4.07. The smallest absolute Gasteiger partial charge is 0.257 e. The second-order valence-electron chi connectivity index (χ2n) is 4.47. The molecule has 18 heavy (non-hydrogen) atoms. The fourth-order valence-electron chi connectivity index (χ4n) is 1.63. The first-order chi connectivity index (χ1) is 8.69. The number of hydrogen-bond acceptors (Lipinski definition) is 5. The minimum Gasteiger partial charge on any atom is -0.334 e. The Labute approximate surface area is 107 Å². The Hall–Kier alpha value is -1.72. The molecular formula is C13H18N4O. The van der Waals surface area contributed by atoms with Gasteiger partial charge in [-0.25, -0.2) is 0 Å². The zero-order valence-electron chi connectivity index (χ0n) is 10.8. The number of rotatable bonds is 5. The summed E-state index contributed by atoms with van der Waals surface area (Å²) < 4.78 is 5.26. The number of likely N-dealkylation sites (N-methyl/N-ethyl adjacent to an activating group) is 1. The Morgan fingerprint density at radius 1 is 1.33 bits per heavy atom. The molecule has 0 aliphatic carbocycles. The normalized spacial score (nSPS) is 11.1. The molecule has 0 atom stereocenters. The van der Waals surface area contributed by atoms with Crippen molar-refractivity contribution >= 4 is 0 Å². The van der Waals surface area contributed by atoms with E-state index in [9.17, 15) is 0 Å². The van der Waals surface area contributed by atoms with Crippen molar-refractivity contribution in [1.29, 1.82) is 0 Å². The van der Waals surface area contributed by atoms with Crippen LogP contribution in [0.2, 0.25) is 0 Å². The first-order valence-electron chi connectivity index (χ1n) is 5.95. The van der Waals surface area contributed by atoms with Gasteiger partial charge in [-0.05, 0) is 31.8 Å². The van der Waals surface area contributed by atoms with Crippen LogP contribution >= 0.6 is 0 Å². The Morgan fingerprint density at radius 3 is 2.89 bits per heavy atom. The van der Waals surface area contributed by atoms with E-state index in [4.69, 9.17) is 10.3 Å². The van der Waals surface area contributed by atoms with E-state index in [0.29, 0.717) is 12.4 Å². The lowest BCUT2D eigenvalue weighted by atomic mass is 10.1. The monoisotopic (exact) mass is 246 g/mol. The van der Waals surface area contributed by atoms with Crippen molar-refractivity contribution in [2.45, 2.75) is 13.0 Å². The summed E-state index contributed by atoms with van der Waals surface area (Å²) in [5.41, 5.74) is 7.58. The van der Waals surface area contributed by atoms with Crippen LogP contribution in [0.25, 0.3) is 11.5 Å². The van der Waals surface area contributed by atoms with Crippen molar-refractivity contribution in [3.05, 3.63) is 35.7 Å². The van der Waals surface area contributed by atoms with Crippen LogP contribution in [-0.2, 0) is 13.0 Å². The second kappa shape index (κ2) is 5.75. The third kappa shape index (κ3) is 3.15. The van der Waals surface area contributed by atoms with Gasteiger partial charge in [0.15, 0.2) is 5.82 Å². The maximum atomic E-state index is 5.61. The van der Waals surface area contributed by atoms with E-state index in [1.54, 1.807) is 0 Å². The van der Waals surface area contributed by atoms with Crippen molar-refractivity contribution in [3.63, 3.8) is 0 Å². The largest absolute Gasteiger partial charge is 0.334 e. The maximum Gasteiger partial charge on any atom is 0.257 e. The summed E-state index contributed by atoms with van der Waals surface area (Å²) in [7, 11) is 4.04. The first kappa shape index (κ1) is 12.7. The predicted molar refractivity (Wildman–Crippen MR) is 69.9 cm³/mol. The van der Waals surface area contributed by atoms with Gasteiger partial charge < -0.3 is 15.2 Å². The van der Waals surface area contributed by atoms with Gasteiger partial charge in [-0.2, -0.15) is 4.98 Å². The summed E-state index contributed by atoms with van der Waals surface area (Å²) in [5.74, 6) is 1.29. The molecule has 2 rings (SSSR count). The molecule has 2 N–H and O–H groups in total. The van der Waals surface area contributed by atoms with Crippen molar-refractivity contribution in [3.8, 4) is 11.5 Å². The molecular weight excluding hydrogens is 228 g/mol. The summed E-state index contributed by atoms with van der Waals surface area (Å²) in [5, 5.41) is 3.98. The molecule has 5 heteroatoms. The van der Waals surface area contributed by atoms with Crippen LogP contribution in [0.5, 0.6) is 0 Å². The average molecular weight is 246 g/mol. The molecule has 0 aliphatic heterocycles. The van der Waals surface area contributed by atoms with Crippen LogP contribution in [0.1, 0.15) is 11.4 Å². The van der Waals surface area contributed by atoms with Crippen molar-refractivity contribution in [1.82, 2.24) is 15.0 Å². The molecule has 0 spiro atoms. The lowest BCUT2D eigenvalue weighted by Gasteiger charge is -2.05.